The molecule has 0 heterocycles. The van der Waals surface area contributed by atoms with Crippen LogP contribution in [-0.2, 0) is 0 Å². The van der Waals surface area contributed by atoms with Gasteiger partial charge in [-0.05, 0) is 19.4 Å². The summed E-state index contributed by atoms with van der Waals surface area (Å²) in [4.78, 5) is 0. The second-order valence-electron chi connectivity index (χ2n) is 2.84. The molecule has 0 amide bonds. The molecule has 2 atom stereocenters. The number of benzene rings is 1. The summed E-state index contributed by atoms with van der Waals surface area (Å²) in [5.74, 6) is 0. The molecule has 0 aromatic heterocycles. The van der Waals surface area contributed by atoms with Crippen LogP contribution in [0.5, 0.6) is 0 Å². The van der Waals surface area contributed by atoms with Gasteiger partial charge in [0.2, 0.25) is 0 Å². The highest BCUT2D eigenvalue weighted by Gasteiger charge is 2.07. The normalized spacial score (nSPS) is 15.3. The van der Waals surface area contributed by atoms with Gasteiger partial charge in [0.1, 0.15) is 5.44 Å². The van der Waals surface area contributed by atoms with Crippen molar-refractivity contribution >= 4 is 21.6 Å². The average Bonchev–Trinajstić information content (AvgIpc) is 2.15. The van der Waals surface area contributed by atoms with Gasteiger partial charge in [-0.1, -0.05) is 51.9 Å². The van der Waals surface area contributed by atoms with Crippen molar-refractivity contribution in [3.63, 3.8) is 0 Å². The van der Waals surface area contributed by atoms with E-state index in [9.17, 15) is 0 Å². The molecule has 2 unspecified atom stereocenters. The fraction of sp³-hybridized carbons (Fsp3) is 0.400. The lowest BCUT2D eigenvalue weighted by Crippen LogP contribution is -1.91. The molecule has 0 fully saturated rings. The monoisotopic (exact) mass is 214 g/mol. The third-order valence-corrected chi connectivity index (χ3v) is 4.59. The lowest BCUT2D eigenvalue weighted by molar-refractivity contribution is 0.285. The van der Waals surface area contributed by atoms with Crippen molar-refractivity contribution in [3.05, 3.63) is 35.9 Å². The maximum atomic E-state index is 9.09. The van der Waals surface area contributed by atoms with Crippen LogP contribution in [0.3, 0.4) is 0 Å². The van der Waals surface area contributed by atoms with E-state index in [1.54, 1.807) is 17.7 Å². The zero-order valence-corrected chi connectivity index (χ0v) is 9.44. The molecule has 0 aliphatic carbocycles. The molecule has 72 valence electrons. The third kappa shape index (κ3) is 4.07. The molecule has 0 saturated heterocycles. The molecule has 0 aliphatic heterocycles. The standard InChI is InChI=1S/C10H14OS2/c1-8(12-13-9(2)11)10-6-4-3-5-7-10/h3-9,11H,1-2H3. The first-order valence-corrected chi connectivity index (χ1v) is 6.53. The van der Waals surface area contributed by atoms with E-state index in [0.717, 1.165) is 0 Å². The van der Waals surface area contributed by atoms with Crippen LogP contribution in [0.4, 0.5) is 0 Å². The Hall–Kier alpha value is -0.120. The third-order valence-electron chi connectivity index (χ3n) is 1.61. The summed E-state index contributed by atoms with van der Waals surface area (Å²) < 4.78 is 0. The summed E-state index contributed by atoms with van der Waals surface area (Å²) in [5.41, 5.74) is 1.01. The van der Waals surface area contributed by atoms with Gasteiger partial charge >= 0.3 is 0 Å². The molecule has 1 rings (SSSR count). The smallest absolute Gasteiger partial charge is 0.106 e. The van der Waals surface area contributed by atoms with E-state index < -0.39 is 0 Å². The van der Waals surface area contributed by atoms with Crippen molar-refractivity contribution < 1.29 is 5.11 Å². The van der Waals surface area contributed by atoms with Crippen LogP contribution in [0, 0.1) is 0 Å². The fourth-order valence-corrected chi connectivity index (χ4v) is 2.85. The van der Waals surface area contributed by atoms with Crippen LogP contribution >= 0.6 is 21.6 Å². The van der Waals surface area contributed by atoms with Crippen LogP contribution in [0.15, 0.2) is 30.3 Å². The average molecular weight is 214 g/mol. The summed E-state index contributed by atoms with van der Waals surface area (Å²) in [7, 11) is 3.21. The Labute approximate surface area is 87.3 Å². The van der Waals surface area contributed by atoms with E-state index in [1.165, 1.54) is 16.4 Å². The first kappa shape index (κ1) is 11.0. The lowest BCUT2D eigenvalue weighted by atomic mass is 10.2. The molecule has 1 nitrogen and oxygen atoms in total. The minimum absolute atomic E-state index is 0.295. The molecule has 3 heteroatoms. The Morgan fingerprint density at radius 3 is 2.23 bits per heavy atom. The van der Waals surface area contributed by atoms with E-state index in [4.69, 9.17) is 5.11 Å². The van der Waals surface area contributed by atoms with Crippen LogP contribution < -0.4 is 0 Å². The van der Waals surface area contributed by atoms with Gasteiger partial charge in [0.05, 0.1) is 0 Å². The van der Waals surface area contributed by atoms with E-state index in [0.29, 0.717) is 5.25 Å². The Balaban J connectivity index is 2.44. The molecule has 0 bridgehead atoms. The molecular weight excluding hydrogens is 200 g/mol. The van der Waals surface area contributed by atoms with E-state index >= 15 is 0 Å². The van der Waals surface area contributed by atoms with Crippen molar-refractivity contribution in [1.82, 2.24) is 0 Å². The van der Waals surface area contributed by atoms with Gasteiger partial charge in [-0.15, -0.1) is 0 Å². The fourth-order valence-electron chi connectivity index (χ4n) is 0.943. The highest BCUT2D eigenvalue weighted by atomic mass is 33.1. The van der Waals surface area contributed by atoms with Gasteiger partial charge in [-0.2, -0.15) is 0 Å². The van der Waals surface area contributed by atoms with Gasteiger partial charge in [-0.25, -0.2) is 0 Å². The molecule has 0 spiro atoms. The zero-order valence-electron chi connectivity index (χ0n) is 7.81. The number of hydrogen-bond acceptors (Lipinski definition) is 3. The highest BCUT2D eigenvalue weighted by Crippen LogP contribution is 2.38. The predicted molar refractivity (Wildman–Crippen MR) is 61.7 cm³/mol. The van der Waals surface area contributed by atoms with Crippen molar-refractivity contribution in [3.8, 4) is 0 Å². The minimum atomic E-state index is -0.295. The van der Waals surface area contributed by atoms with E-state index in [1.807, 2.05) is 18.2 Å². The first-order valence-electron chi connectivity index (χ1n) is 4.25. The molecule has 1 N–H and O–H groups in total. The number of hydrogen-bond donors (Lipinski definition) is 1. The molecule has 13 heavy (non-hydrogen) atoms. The number of aliphatic hydroxyl groups excluding tert-OH is 1. The Bertz CT molecular complexity index is 236. The first-order chi connectivity index (χ1) is 6.20. The summed E-state index contributed by atoms with van der Waals surface area (Å²) in [6.07, 6.45) is 0. The van der Waals surface area contributed by atoms with Crippen molar-refractivity contribution in [1.29, 1.82) is 0 Å². The van der Waals surface area contributed by atoms with Gasteiger partial charge in [0.25, 0.3) is 0 Å². The van der Waals surface area contributed by atoms with Gasteiger partial charge in [-0.3, -0.25) is 0 Å². The Kier molecular flexibility index (Phi) is 4.70. The summed E-state index contributed by atoms with van der Waals surface area (Å²) in [6.45, 7) is 3.94. The Morgan fingerprint density at radius 1 is 1.08 bits per heavy atom. The molecule has 0 radical (unpaired) electrons. The zero-order chi connectivity index (χ0) is 9.68. The molecule has 1 aromatic rings. The summed E-state index contributed by atoms with van der Waals surface area (Å²) >= 11 is 0. The largest absolute Gasteiger partial charge is 0.382 e. The van der Waals surface area contributed by atoms with Crippen molar-refractivity contribution in [2.24, 2.45) is 0 Å². The minimum Gasteiger partial charge on any atom is -0.382 e. The van der Waals surface area contributed by atoms with Crippen LogP contribution in [-0.4, -0.2) is 10.5 Å². The van der Waals surface area contributed by atoms with E-state index in [2.05, 4.69) is 19.1 Å². The second kappa shape index (κ2) is 5.58. The molecule has 1 aromatic carbocycles. The highest BCUT2D eigenvalue weighted by molar-refractivity contribution is 8.76. The van der Waals surface area contributed by atoms with Gasteiger partial charge in [0.15, 0.2) is 0 Å². The van der Waals surface area contributed by atoms with Gasteiger partial charge < -0.3 is 5.11 Å². The van der Waals surface area contributed by atoms with E-state index in [-0.39, 0.29) is 5.44 Å². The quantitative estimate of drug-likeness (QED) is 0.612. The summed E-state index contributed by atoms with van der Waals surface area (Å²) in [6, 6.07) is 10.3. The number of rotatable bonds is 4. The SMILES string of the molecule is CC(O)SSC(C)c1ccccc1. The lowest BCUT2D eigenvalue weighted by Gasteiger charge is -2.11. The molecule has 0 saturated carbocycles. The maximum Gasteiger partial charge on any atom is 0.106 e. The van der Waals surface area contributed by atoms with Crippen molar-refractivity contribution in [2.75, 3.05) is 0 Å². The predicted octanol–water partition coefficient (Wildman–Crippen LogP) is 3.47. The van der Waals surface area contributed by atoms with Crippen LogP contribution in [0.1, 0.15) is 24.7 Å². The second-order valence-corrected chi connectivity index (χ2v) is 5.77. The number of aliphatic hydroxyl groups is 1. The molecular formula is C10H14OS2. The Morgan fingerprint density at radius 2 is 1.69 bits per heavy atom. The van der Waals surface area contributed by atoms with Crippen LogP contribution in [0.25, 0.3) is 0 Å². The topological polar surface area (TPSA) is 20.2 Å². The van der Waals surface area contributed by atoms with Crippen molar-refractivity contribution in [2.45, 2.75) is 24.5 Å². The van der Waals surface area contributed by atoms with Gasteiger partial charge in [0, 0.05) is 5.25 Å². The summed E-state index contributed by atoms with van der Waals surface area (Å²) in [5, 5.41) is 9.52. The molecule has 0 aliphatic rings. The van der Waals surface area contributed by atoms with Crippen LogP contribution in [0.2, 0.25) is 0 Å². The maximum absolute atomic E-state index is 9.09.